The molecule has 0 saturated carbocycles. The van der Waals surface area contributed by atoms with E-state index in [0.29, 0.717) is 5.70 Å². The van der Waals surface area contributed by atoms with Crippen molar-refractivity contribution in [3.63, 3.8) is 0 Å². The van der Waals surface area contributed by atoms with Crippen molar-refractivity contribution >= 4 is 5.69 Å². The van der Waals surface area contributed by atoms with E-state index in [1.165, 1.54) is 0 Å². The van der Waals surface area contributed by atoms with Crippen LogP contribution in [0.2, 0.25) is 0 Å². The van der Waals surface area contributed by atoms with Crippen molar-refractivity contribution < 1.29 is 0 Å². The quantitative estimate of drug-likeness (QED) is 0.733. The van der Waals surface area contributed by atoms with Gasteiger partial charge in [-0.05, 0) is 31.2 Å². The van der Waals surface area contributed by atoms with E-state index < -0.39 is 0 Å². The summed E-state index contributed by atoms with van der Waals surface area (Å²) in [6.45, 7) is 5.57. The van der Waals surface area contributed by atoms with Crippen LogP contribution in [0.15, 0.2) is 66.5 Å². The minimum Gasteiger partial charge on any atom is -0.399 e. The third-order valence-corrected chi connectivity index (χ3v) is 1.85. The van der Waals surface area contributed by atoms with Crippen LogP contribution in [0.5, 0.6) is 0 Å². The summed E-state index contributed by atoms with van der Waals surface area (Å²) in [5, 5.41) is 3.26. The molecule has 0 amide bonds. The second-order valence-electron chi connectivity index (χ2n) is 3.14. The van der Waals surface area contributed by atoms with E-state index in [-0.39, 0.29) is 0 Å². The number of nitrogens with one attached hydrogen (secondary N) is 1. The van der Waals surface area contributed by atoms with Gasteiger partial charge >= 0.3 is 0 Å². The van der Waals surface area contributed by atoms with Gasteiger partial charge in [0.1, 0.15) is 0 Å². The van der Waals surface area contributed by atoms with Gasteiger partial charge in [0, 0.05) is 17.1 Å². The molecular formula is C13H16N2. The lowest BCUT2D eigenvalue weighted by Crippen LogP contribution is -1.97. The molecule has 3 N–H and O–H groups in total. The number of rotatable bonds is 4. The van der Waals surface area contributed by atoms with Crippen molar-refractivity contribution in [2.75, 3.05) is 5.32 Å². The summed E-state index contributed by atoms with van der Waals surface area (Å²) in [6, 6.07) is 9.98. The van der Waals surface area contributed by atoms with Gasteiger partial charge in [-0.2, -0.15) is 0 Å². The van der Waals surface area contributed by atoms with Crippen molar-refractivity contribution in [1.82, 2.24) is 0 Å². The van der Waals surface area contributed by atoms with Gasteiger partial charge in [0.15, 0.2) is 0 Å². The van der Waals surface area contributed by atoms with Crippen molar-refractivity contribution in [1.29, 1.82) is 0 Å². The number of hydrogen-bond acceptors (Lipinski definition) is 2. The molecule has 0 aliphatic heterocycles. The second kappa shape index (κ2) is 5.70. The van der Waals surface area contributed by atoms with Gasteiger partial charge in [0.25, 0.3) is 0 Å². The maximum atomic E-state index is 5.45. The van der Waals surface area contributed by atoms with E-state index >= 15 is 0 Å². The van der Waals surface area contributed by atoms with E-state index in [4.69, 9.17) is 5.73 Å². The molecule has 0 radical (unpaired) electrons. The highest BCUT2D eigenvalue weighted by Gasteiger charge is 1.91. The molecule has 15 heavy (non-hydrogen) atoms. The summed E-state index contributed by atoms with van der Waals surface area (Å²) in [6.07, 6.45) is 5.65. The Hall–Kier alpha value is -1.96. The number of benzene rings is 1. The molecule has 0 spiro atoms. The third kappa shape index (κ3) is 4.18. The topological polar surface area (TPSA) is 38.0 Å². The van der Waals surface area contributed by atoms with Crippen LogP contribution in [0.4, 0.5) is 5.69 Å². The van der Waals surface area contributed by atoms with Crippen LogP contribution < -0.4 is 11.1 Å². The molecule has 2 heteroatoms. The lowest BCUT2D eigenvalue weighted by atomic mass is 10.3. The predicted octanol–water partition coefficient (Wildman–Crippen LogP) is 3.03. The zero-order valence-electron chi connectivity index (χ0n) is 8.90. The fourth-order valence-electron chi connectivity index (χ4n) is 1.10. The van der Waals surface area contributed by atoms with Crippen LogP contribution in [0, 0.1) is 0 Å². The van der Waals surface area contributed by atoms with Crippen molar-refractivity contribution in [3.8, 4) is 0 Å². The first kappa shape index (κ1) is 11.1. The number of para-hydroxylation sites is 1. The highest BCUT2D eigenvalue weighted by atomic mass is 14.9. The maximum Gasteiger partial charge on any atom is 0.0384 e. The molecule has 1 aromatic rings. The SMILES string of the molecule is C=C(N)/C=C\C(=CC)Nc1ccccc1. The zero-order valence-corrected chi connectivity index (χ0v) is 8.90. The Kier molecular flexibility index (Phi) is 4.23. The number of anilines is 1. The van der Waals surface area contributed by atoms with Crippen LogP contribution >= 0.6 is 0 Å². The molecule has 0 atom stereocenters. The van der Waals surface area contributed by atoms with E-state index in [1.54, 1.807) is 6.08 Å². The molecule has 1 rings (SSSR count). The minimum atomic E-state index is 0.546. The zero-order chi connectivity index (χ0) is 11.1. The Balaban J connectivity index is 2.68. The highest BCUT2D eigenvalue weighted by molar-refractivity contribution is 5.50. The molecule has 0 aromatic heterocycles. The normalized spacial score (nSPS) is 11.7. The van der Waals surface area contributed by atoms with Gasteiger partial charge in [-0.15, -0.1) is 0 Å². The summed E-state index contributed by atoms with van der Waals surface area (Å²) in [7, 11) is 0. The Morgan fingerprint density at radius 3 is 2.47 bits per heavy atom. The number of allylic oxidation sites excluding steroid dienone is 3. The van der Waals surface area contributed by atoms with Gasteiger partial charge in [0.2, 0.25) is 0 Å². The average Bonchev–Trinajstić information content (AvgIpc) is 2.25. The van der Waals surface area contributed by atoms with Crippen molar-refractivity contribution in [2.45, 2.75) is 6.92 Å². The standard InChI is InChI=1S/C13H16N2/c1-3-12(10-9-11(2)14)15-13-7-5-4-6-8-13/h3-10,15H,2,14H2,1H3/b10-9-,12-3?. The first-order chi connectivity index (χ1) is 7.22. The second-order valence-corrected chi connectivity index (χ2v) is 3.14. The monoisotopic (exact) mass is 200 g/mol. The Morgan fingerprint density at radius 2 is 1.93 bits per heavy atom. The molecule has 0 heterocycles. The molecule has 0 aliphatic rings. The van der Waals surface area contributed by atoms with Crippen molar-refractivity contribution in [3.05, 3.63) is 66.5 Å². The summed E-state index contributed by atoms with van der Waals surface area (Å²) >= 11 is 0. The molecule has 0 unspecified atom stereocenters. The van der Waals surface area contributed by atoms with Crippen molar-refractivity contribution in [2.24, 2.45) is 5.73 Å². The Bertz CT molecular complexity index is 375. The molecular weight excluding hydrogens is 184 g/mol. The molecule has 1 aromatic carbocycles. The molecule has 0 saturated heterocycles. The van der Waals surface area contributed by atoms with E-state index in [1.807, 2.05) is 49.4 Å². The lowest BCUT2D eigenvalue weighted by Gasteiger charge is -2.06. The summed E-state index contributed by atoms with van der Waals surface area (Å²) in [5.74, 6) is 0. The molecule has 2 nitrogen and oxygen atoms in total. The van der Waals surface area contributed by atoms with Gasteiger partial charge in [-0.1, -0.05) is 30.9 Å². The summed E-state index contributed by atoms with van der Waals surface area (Å²) < 4.78 is 0. The predicted molar refractivity (Wildman–Crippen MR) is 66.3 cm³/mol. The van der Waals surface area contributed by atoms with E-state index in [2.05, 4.69) is 11.9 Å². The highest BCUT2D eigenvalue weighted by Crippen LogP contribution is 2.09. The van der Waals surface area contributed by atoms with Crippen LogP contribution in [0.25, 0.3) is 0 Å². The Labute approximate surface area is 90.8 Å². The molecule has 0 bridgehead atoms. The van der Waals surface area contributed by atoms with Gasteiger partial charge in [-0.3, -0.25) is 0 Å². The summed E-state index contributed by atoms with van der Waals surface area (Å²) in [5.41, 5.74) is 8.05. The first-order valence-electron chi connectivity index (χ1n) is 4.83. The van der Waals surface area contributed by atoms with E-state index in [9.17, 15) is 0 Å². The van der Waals surface area contributed by atoms with Crippen LogP contribution in [0.1, 0.15) is 6.92 Å². The third-order valence-electron chi connectivity index (χ3n) is 1.85. The number of nitrogens with two attached hydrogens (primary N) is 1. The smallest absolute Gasteiger partial charge is 0.0384 e. The first-order valence-corrected chi connectivity index (χ1v) is 4.83. The van der Waals surface area contributed by atoms with E-state index in [0.717, 1.165) is 11.4 Å². The van der Waals surface area contributed by atoms with Gasteiger partial charge in [0.05, 0.1) is 0 Å². The minimum absolute atomic E-state index is 0.546. The fraction of sp³-hybridized carbons (Fsp3) is 0.0769. The molecule has 0 fully saturated rings. The summed E-state index contributed by atoms with van der Waals surface area (Å²) in [4.78, 5) is 0. The largest absolute Gasteiger partial charge is 0.399 e. The average molecular weight is 200 g/mol. The maximum absolute atomic E-state index is 5.45. The number of hydrogen-bond donors (Lipinski definition) is 2. The van der Waals surface area contributed by atoms with Crippen LogP contribution in [-0.2, 0) is 0 Å². The molecule has 78 valence electrons. The molecule has 0 aliphatic carbocycles. The van der Waals surface area contributed by atoms with Gasteiger partial charge < -0.3 is 11.1 Å². The van der Waals surface area contributed by atoms with Gasteiger partial charge in [-0.25, -0.2) is 0 Å². The Morgan fingerprint density at radius 1 is 1.27 bits per heavy atom. The van der Waals surface area contributed by atoms with Crippen LogP contribution in [0.3, 0.4) is 0 Å². The lowest BCUT2D eigenvalue weighted by molar-refractivity contribution is 1.40. The fourth-order valence-corrected chi connectivity index (χ4v) is 1.10. The van der Waals surface area contributed by atoms with Crippen LogP contribution in [-0.4, -0.2) is 0 Å².